The molecule has 0 bridgehead atoms. The standard InChI is InChI=1S/C14H11N3/c1-3-7-12(8-4-1)14-16-15-11-17(14)13-9-5-2-6-10-13/h1-11H. The fourth-order valence-corrected chi connectivity index (χ4v) is 1.80. The highest BCUT2D eigenvalue weighted by Crippen LogP contribution is 2.19. The molecule has 0 amide bonds. The maximum atomic E-state index is 4.18. The van der Waals surface area contributed by atoms with Crippen molar-refractivity contribution in [3.8, 4) is 17.1 Å². The second-order valence-corrected chi connectivity index (χ2v) is 3.73. The van der Waals surface area contributed by atoms with Gasteiger partial charge in [0.25, 0.3) is 0 Å². The molecule has 0 saturated heterocycles. The Labute approximate surface area is 99.4 Å². The molecule has 0 aliphatic carbocycles. The lowest BCUT2D eigenvalue weighted by molar-refractivity contribution is 1.06. The van der Waals surface area contributed by atoms with Gasteiger partial charge in [-0.2, -0.15) is 0 Å². The molecule has 3 heteroatoms. The Bertz CT molecular complexity index is 546. The number of rotatable bonds is 2. The Morgan fingerprint density at radius 1 is 0.765 bits per heavy atom. The van der Waals surface area contributed by atoms with E-state index in [9.17, 15) is 0 Å². The summed E-state index contributed by atoms with van der Waals surface area (Å²) in [5.74, 6) is 0.858. The SMILES string of the molecule is c1ccc(-c2nncn2-c2ccccc2)cc1. The van der Waals surface area contributed by atoms with E-state index in [-0.39, 0.29) is 0 Å². The van der Waals surface area contributed by atoms with E-state index in [4.69, 9.17) is 0 Å². The minimum atomic E-state index is 0.858. The number of benzene rings is 2. The van der Waals surface area contributed by atoms with Crippen molar-refractivity contribution >= 4 is 0 Å². The van der Waals surface area contributed by atoms with Crippen LogP contribution in [-0.2, 0) is 0 Å². The average Bonchev–Trinajstić information content (AvgIpc) is 2.90. The third-order valence-electron chi connectivity index (χ3n) is 2.61. The lowest BCUT2D eigenvalue weighted by atomic mass is 10.2. The van der Waals surface area contributed by atoms with Crippen LogP contribution in [0, 0.1) is 0 Å². The predicted octanol–water partition coefficient (Wildman–Crippen LogP) is 2.93. The van der Waals surface area contributed by atoms with Crippen molar-refractivity contribution in [1.29, 1.82) is 0 Å². The quantitative estimate of drug-likeness (QED) is 0.666. The van der Waals surface area contributed by atoms with Crippen LogP contribution in [0.4, 0.5) is 0 Å². The Hall–Kier alpha value is -2.42. The number of aromatic nitrogens is 3. The number of nitrogens with zero attached hydrogens (tertiary/aromatic N) is 3. The molecule has 2 aromatic carbocycles. The van der Waals surface area contributed by atoms with Crippen LogP contribution in [0.5, 0.6) is 0 Å². The zero-order valence-electron chi connectivity index (χ0n) is 9.19. The van der Waals surface area contributed by atoms with Gasteiger partial charge in [0.1, 0.15) is 6.33 Å². The summed E-state index contributed by atoms with van der Waals surface area (Å²) in [6.07, 6.45) is 1.73. The van der Waals surface area contributed by atoms with Gasteiger partial charge in [-0.25, -0.2) is 0 Å². The first-order valence-electron chi connectivity index (χ1n) is 5.46. The summed E-state index contributed by atoms with van der Waals surface area (Å²) in [7, 11) is 0. The summed E-state index contributed by atoms with van der Waals surface area (Å²) in [6.45, 7) is 0. The van der Waals surface area contributed by atoms with E-state index in [2.05, 4.69) is 10.2 Å². The maximum absolute atomic E-state index is 4.18. The molecule has 1 aromatic heterocycles. The van der Waals surface area contributed by atoms with E-state index in [0.717, 1.165) is 17.1 Å². The van der Waals surface area contributed by atoms with Gasteiger partial charge >= 0.3 is 0 Å². The third kappa shape index (κ3) is 1.83. The molecule has 3 nitrogen and oxygen atoms in total. The normalized spacial score (nSPS) is 10.4. The Morgan fingerprint density at radius 2 is 1.41 bits per heavy atom. The molecule has 82 valence electrons. The van der Waals surface area contributed by atoms with Crippen molar-refractivity contribution < 1.29 is 0 Å². The molecule has 3 rings (SSSR count). The lowest BCUT2D eigenvalue weighted by Crippen LogP contribution is -1.95. The average molecular weight is 221 g/mol. The van der Waals surface area contributed by atoms with Gasteiger partial charge in [0.05, 0.1) is 0 Å². The second kappa shape index (κ2) is 4.22. The van der Waals surface area contributed by atoms with Gasteiger partial charge in [0, 0.05) is 11.3 Å². The lowest BCUT2D eigenvalue weighted by Gasteiger charge is -2.05. The summed E-state index contributed by atoms with van der Waals surface area (Å²) in [5.41, 5.74) is 2.13. The molecular weight excluding hydrogens is 210 g/mol. The first-order chi connectivity index (χ1) is 8.45. The van der Waals surface area contributed by atoms with E-state index >= 15 is 0 Å². The van der Waals surface area contributed by atoms with Crippen molar-refractivity contribution in [2.75, 3.05) is 0 Å². The van der Waals surface area contributed by atoms with Crippen LogP contribution in [-0.4, -0.2) is 14.8 Å². The van der Waals surface area contributed by atoms with Gasteiger partial charge in [-0.15, -0.1) is 10.2 Å². The Kier molecular flexibility index (Phi) is 2.43. The fraction of sp³-hybridized carbons (Fsp3) is 0. The summed E-state index contributed by atoms with van der Waals surface area (Å²) in [6, 6.07) is 20.1. The molecule has 0 atom stereocenters. The Balaban J connectivity index is 2.13. The monoisotopic (exact) mass is 221 g/mol. The van der Waals surface area contributed by atoms with Crippen molar-refractivity contribution in [1.82, 2.24) is 14.8 Å². The largest absolute Gasteiger partial charge is 0.282 e. The van der Waals surface area contributed by atoms with Crippen LogP contribution in [0.25, 0.3) is 17.1 Å². The zero-order valence-corrected chi connectivity index (χ0v) is 9.19. The molecule has 0 saturated carbocycles. The molecule has 0 radical (unpaired) electrons. The molecule has 3 aromatic rings. The van der Waals surface area contributed by atoms with Gasteiger partial charge in [-0.05, 0) is 12.1 Å². The zero-order chi connectivity index (χ0) is 11.5. The number of para-hydroxylation sites is 1. The van der Waals surface area contributed by atoms with Crippen LogP contribution in [0.15, 0.2) is 67.0 Å². The van der Waals surface area contributed by atoms with Gasteiger partial charge in [-0.3, -0.25) is 4.57 Å². The molecule has 0 aliphatic rings. The fourth-order valence-electron chi connectivity index (χ4n) is 1.80. The first kappa shape index (κ1) is 9.78. The van der Waals surface area contributed by atoms with Gasteiger partial charge in [0.15, 0.2) is 5.82 Å². The van der Waals surface area contributed by atoms with Gasteiger partial charge in [-0.1, -0.05) is 48.5 Å². The summed E-state index contributed by atoms with van der Waals surface area (Å²) in [5, 5.41) is 8.16. The van der Waals surface area contributed by atoms with Crippen molar-refractivity contribution in [2.24, 2.45) is 0 Å². The van der Waals surface area contributed by atoms with Crippen LogP contribution in [0.2, 0.25) is 0 Å². The predicted molar refractivity (Wildman–Crippen MR) is 66.8 cm³/mol. The van der Waals surface area contributed by atoms with E-state index < -0.39 is 0 Å². The maximum Gasteiger partial charge on any atom is 0.168 e. The number of hydrogen-bond acceptors (Lipinski definition) is 2. The second-order valence-electron chi connectivity index (χ2n) is 3.73. The minimum absolute atomic E-state index is 0.858. The summed E-state index contributed by atoms with van der Waals surface area (Å²) in [4.78, 5) is 0. The van der Waals surface area contributed by atoms with Gasteiger partial charge in [0.2, 0.25) is 0 Å². The molecule has 0 spiro atoms. The molecule has 0 fully saturated rings. The number of hydrogen-bond donors (Lipinski definition) is 0. The highest BCUT2D eigenvalue weighted by molar-refractivity contribution is 5.57. The molecule has 0 aliphatic heterocycles. The highest BCUT2D eigenvalue weighted by Gasteiger charge is 2.07. The summed E-state index contributed by atoms with van der Waals surface area (Å²) < 4.78 is 1.98. The van der Waals surface area contributed by atoms with Crippen LogP contribution in [0.3, 0.4) is 0 Å². The smallest absolute Gasteiger partial charge is 0.168 e. The van der Waals surface area contributed by atoms with E-state index in [1.54, 1.807) is 6.33 Å². The molecule has 1 heterocycles. The van der Waals surface area contributed by atoms with E-state index in [1.165, 1.54) is 0 Å². The van der Waals surface area contributed by atoms with Crippen molar-refractivity contribution in [2.45, 2.75) is 0 Å². The molecule has 0 unspecified atom stereocenters. The van der Waals surface area contributed by atoms with E-state index in [1.807, 2.05) is 65.2 Å². The highest BCUT2D eigenvalue weighted by atomic mass is 15.3. The van der Waals surface area contributed by atoms with Crippen LogP contribution in [0.1, 0.15) is 0 Å². The van der Waals surface area contributed by atoms with Crippen LogP contribution < -0.4 is 0 Å². The minimum Gasteiger partial charge on any atom is -0.282 e. The van der Waals surface area contributed by atoms with E-state index in [0.29, 0.717) is 0 Å². The Morgan fingerprint density at radius 3 is 2.12 bits per heavy atom. The topological polar surface area (TPSA) is 30.7 Å². The molecule has 17 heavy (non-hydrogen) atoms. The summed E-state index contributed by atoms with van der Waals surface area (Å²) >= 11 is 0. The third-order valence-corrected chi connectivity index (χ3v) is 2.61. The first-order valence-corrected chi connectivity index (χ1v) is 5.46. The van der Waals surface area contributed by atoms with Gasteiger partial charge < -0.3 is 0 Å². The van der Waals surface area contributed by atoms with Crippen molar-refractivity contribution in [3.05, 3.63) is 67.0 Å². The molecule has 0 N–H and O–H groups in total. The van der Waals surface area contributed by atoms with Crippen LogP contribution >= 0.6 is 0 Å². The van der Waals surface area contributed by atoms with Crippen molar-refractivity contribution in [3.63, 3.8) is 0 Å². The molecular formula is C14H11N3.